The lowest BCUT2D eigenvalue weighted by Crippen LogP contribution is -2.31. The van der Waals surface area contributed by atoms with Gasteiger partial charge in [-0.25, -0.2) is 0 Å². The fourth-order valence-corrected chi connectivity index (χ4v) is 1.36. The molecule has 0 unspecified atom stereocenters. The van der Waals surface area contributed by atoms with Gasteiger partial charge in [-0.05, 0) is 13.0 Å². The molecule has 0 radical (unpaired) electrons. The van der Waals surface area contributed by atoms with E-state index in [4.69, 9.17) is 18.0 Å². The van der Waals surface area contributed by atoms with E-state index in [-0.39, 0.29) is 12.5 Å². The first-order chi connectivity index (χ1) is 7.20. The number of carbonyl (C=O) groups excluding carboxylic acids is 1. The standard InChI is InChI=1S/C11H11ClN2O/c1-3-7-14(4-2)11(15)9-5-6-13-8-10(9)12/h1,5-6,8H,4,7H2,2H3. The average molecular weight is 223 g/mol. The van der Waals surface area contributed by atoms with Crippen molar-refractivity contribution in [3.05, 3.63) is 29.0 Å². The highest BCUT2D eigenvalue weighted by atomic mass is 35.5. The van der Waals surface area contributed by atoms with Gasteiger partial charge in [-0.15, -0.1) is 6.42 Å². The van der Waals surface area contributed by atoms with Crippen LogP contribution in [-0.2, 0) is 0 Å². The molecule has 0 aromatic carbocycles. The summed E-state index contributed by atoms with van der Waals surface area (Å²) in [5, 5.41) is 0.345. The quantitative estimate of drug-likeness (QED) is 0.732. The molecule has 0 N–H and O–H groups in total. The molecule has 3 nitrogen and oxygen atoms in total. The Bertz CT molecular complexity index is 398. The van der Waals surface area contributed by atoms with Crippen molar-refractivity contribution in [2.24, 2.45) is 0 Å². The topological polar surface area (TPSA) is 33.2 Å². The van der Waals surface area contributed by atoms with Crippen molar-refractivity contribution < 1.29 is 4.79 Å². The number of hydrogen-bond acceptors (Lipinski definition) is 2. The SMILES string of the molecule is C#CCN(CC)C(=O)c1ccncc1Cl. The number of aromatic nitrogens is 1. The lowest BCUT2D eigenvalue weighted by Gasteiger charge is -2.18. The monoisotopic (exact) mass is 222 g/mol. The van der Waals surface area contributed by atoms with Gasteiger partial charge in [0.2, 0.25) is 0 Å². The van der Waals surface area contributed by atoms with Gasteiger partial charge >= 0.3 is 0 Å². The molecular formula is C11H11ClN2O. The fourth-order valence-electron chi connectivity index (χ4n) is 1.16. The van der Waals surface area contributed by atoms with Crippen molar-refractivity contribution in [2.45, 2.75) is 6.92 Å². The number of hydrogen-bond donors (Lipinski definition) is 0. The molecular weight excluding hydrogens is 212 g/mol. The van der Waals surface area contributed by atoms with E-state index in [1.165, 1.54) is 12.4 Å². The lowest BCUT2D eigenvalue weighted by atomic mass is 10.2. The van der Waals surface area contributed by atoms with E-state index in [2.05, 4.69) is 10.9 Å². The number of amides is 1. The second-order valence-corrected chi connectivity index (χ2v) is 3.29. The molecule has 0 aliphatic carbocycles. The Hall–Kier alpha value is -1.53. The van der Waals surface area contributed by atoms with Crippen LogP contribution in [0.4, 0.5) is 0 Å². The third kappa shape index (κ3) is 2.71. The van der Waals surface area contributed by atoms with E-state index in [0.717, 1.165) is 0 Å². The van der Waals surface area contributed by atoms with Gasteiger partial charge in [0.05, 0.1) is 17.1 Å². The van der Waals surface area contributed by atoms with Gasteiger partial charge in [-0.2, -0.15) is 0 Å². The summed E-state index contributed by atoms with van der Waals surface area (Å²) in [5.74, 6) is 2.27. The maximum atomic E-state index is 11.9. The summed E-state index contributed by atoms with van der Waals surface area (Å²) in [6.45, 7) is 2.71. The van der Waals surface area contributed by atoms with E-state index in [0.29, 0.717) is 17.1 Å². The number of carbonyl (C=O) groups is 1. The van der Waals surface area contributed by atoms with Crippen LogP contribution in [0.3, 0.4) is 0 Å². The molecule has 0 saturated heterocycles. The van der Waals surface area contributed by atoms with Gasteiger partial charge in [0.25, 0.3) is 5.91 Å². The van der Waals surface area contributed by atoms with Gasteiger partial charge < -0.3 is 4.90 Å². The summed E-state index contributed by atoms with van der Waals surface area (Å²) in [7, 11) is 0. The summed E-state index contributed by atoms with van der Waals surface area (Å²) in [6, 6.07) is 1.59. The van der Waals surface area contributed by atoms with Gasteiger partial charge in [-0.3, -0.25) is 9.78 Å². The lowest BCUT2D eigenvalue weighted by molar-refractivity contribution is 0.0785. The van der Waals surface area contributed by atoms with Crippen LogP contribution in [0.2, 0.25) is 5.02 Å². The largest absolute Gasteiger partial charge is 0.328 e. The number of nitrogens with zero attached hydrogens (tertiary/aromatic N) is 2. The molecule has 15 heavy (non-hydrogen) atoms. The van der Waals surface area contributed by atoms with Gasteiger partial charge in [0.15, 0.2) is 0 Å². The minimum atomic E-state index is -0.164. The Morgan fingerprint density at radius 1 is 1.73 bits per heavy atom. The summed E-state index contributed by atoms with van der Waals surface area (Å²) in [5.41, 5.74) is 0.434. The highest BCUT2D eigenvalue weighted by molar-refractivity contribution is 6.33. The Balaban J connectivity index is 2.94. The second-order valence-electron chi connectivity index (χ2n) is 2.88. The average Bonchev–Trinajstić information content (AvgIpc) is 2.25. The van der Waals surface area contributed by atoms with Crippen LogP contribution in [0.1, 0.15) is 17.3 Å². The van der Waals surface area contributed by atoms with Crippen molar-refractivity contribution in [3.8, 4) is 12.3 Å². The first kappa shape index (κ1) is 11.5. The molecule has 4 heteroatoms. The van der Waals surface area contributed by atoms with Crippen molar-refractivity contribution >= 4 is 17.5 Å². The number of pyridine rings is 1. The molecule has 1 aromatic heterocycles. The van der Waals surface area contributed by atoms with Gasteiger partial charge in [-0.1, -0.05) is 17.5 Å². The summed E-state index contributed by atoms with van der Waals surface area (Å²) in [4.78, 5) is 17.3. The maximum Gasteiger partial charge on any atom is 0.256 e. The fraction of sp³-hybridized carbons (Fsp3) is 0.273. The van der Waals surface area contributed by atoms with E-state index in [9.17, 15) is 4.79 Å². The Morgan fingerprint density at radius 2 is 2.47 bits per heavy atom. The predicted octanol–water partition coefficient (Wildman–Crippen LogP) is 1.83. The van der Waals surface area contributed by atoms with Crippen LogP contribution < -0.4 is 0 Å². The van der Waals surface area contributed by atoms with Crippen LogP contribution in [0, 0.1) is 12.3 Å². The highest BCUT2D eigenvalue weighted by Gasteiger charge is 2.15. The second kappa shape index (κ2) is 5.38. The normalized spacial score (nSPS) is 9.40. The van der Waals surface area contributed by atoms with Crippen LogP contribution >= 0.6 is 11.6 Å². The first-order valence-corrected chi connectivity index (χ1v) is 4.90. The molecule has 1 rings (SSSR count). The van der Waals surface area contributed by atoms with Crippen molar-refractivity contribution in [1.29, 1.82) is 0 Å². The third-order valence-corrected chi connectivity index (χ3v) is 2.26. The maximum absolute atomic E-state index is 11.9. The Kier molecular flexibility index (Phi) is 4.14. The smallest absolute Gasteiger partial charge is 0.256 e. The van der Waals surface area contributed by atoms with Gasteiger partial charge in [0.1, 0.15) is 0 Å². The van der Waals surface area contributed by atoms with Crippen LogP contribution in [0.25, 0.3) is 0 Å². The minimum Gasteiger partial charge on any atom is -0.328 e. The Morgan fingerprint density at radius 3 is 3.00 bits per heavy atom. The van der Waals surface area contributed by atoms with Crippen molar-refractivity contribution in [3.63, 3.8) is 0 Å². The minimum absolute atomic E-state index is 0.164. The molecule has 0 fully saturated rings. The van der Waals surface area contributed by atoms with Crippen LogP contribution in [0.15, 0.2) is 18.5 Å². The van der Waals surface area contributed by atoms with Gasteiger partial charge in [0, 0.05) is 18.9 Å². The first-order valence-electron chi connectivity index (χ1n) is 4.53. The van der Waals surface area contributed by atoms with Crippen LogP contribution in [-0.4, -0.2) is 28.9 Å². The molecule has 0 spiro atoms. The number of halogens is 1. The highest BCUT2D eigenvalue weighted by Crippen LogP contribution is 2.15. The zero-order chi connectivity index (χ0) is 11.3. The summed E-state index contributed by atoms with van der Waals surface area (Å²) < 4.78 is 0. The third-order valence-electron chi connectivity index (χ3n) is 1.95. The molecule has 1 aromatic rings. The molecule has 0 bridgehead atoms. The van der Waals surface area contributed by atoms with E-state index < -0.39 is 0 Å². The predicted molar refractivity (Wildman–Crippen MR) is 59.7 cm³/mol. The summed E-state index contributed by atoms with van der Waals surface area (Å²) in [6.07, 6.45) is 8.14. The van der Waals surface area contributed by atoms with E-state index in [1.807, 2.05) is 6.92 Å². The zero-order valence-electron chi connectivity index (χ0n) is 8.40. The van der Waals surface area contributed by atoms with Crippen molar-refractivity contribution in [2.75, 3.05) is 13.1 Å². The van der Waals surface area contributed by atoms with Crippen LogP contribution in [0.5, 0.6) is 0 Å². The molecule has 1 heterocycles. The molecule has 0 saturated carbocycles. The molecule has 1 amide bonds. The van der Waals surface area contributed by atoms with Crippen molar-refractivity contribution in [1.82, 2.24) is 9.88 Å². The number of rotatable bonds is 3. The number of terminal acetylenes is 1. The molecule has 0 aliphatic heterocycles. The van der Waals surface area contributed by atoms with E-state index in [1.54, 1.807) is 11.0 Å². The molecule has 0 atom stereocenters. The molecule has 78 valence electrons. The van der Waals surface area contributed by atoms with E-state index >= 15 is 0 Å². The zero-order valence-corrected chi connectivity index (χ0v) is 9.16. The Labute approximate surface area is 94.1 Å². The molecule has 0 aliphatic rings. The summed E-state index contributed by atoms with van der Waals surface area (Å²) >= 11 is 5.86.